The third kappa shape index (κ3) is 4.73. The number of carbonyl (C=O) groups excluding carboxylic acids is 1. The number of thioether (sulfide) groups is 1. The third-order valence-corrected chi connectivity index (χ3v) is 6.81. The molecule has 1 aromatic carbocycles. The van der Waals surface area contributed by atoms with Crippen LogP contribution in [0.5, 0.6) is 0 Å². The molecule has 0 radical (unpaired) electrons. The average Bonchev–Trinajstić information content (AvgIpc) is 3.34. The number of hydrogen-bond acceptors (Lipinski definition) is 7. The number of benzene rings is 1. The number of anilines is 1. The molecule has 11 heteroatoms. The number of carbonyl (C=O) groups is 1. The van der Waals surface area contributed by atoms with Crippen LogP contribution in [0.15, 0.2) is 41.4 Å². The molecule has 34 heavy (non-hydrogen) atoms. The van der Waals surface area contributed by atoms with E-state index in [9.17, 15) is 13.6 Å². The number of fused-ring (bicyclic) bond motifs is 1. The van der Waals surface area contributed by atoms with Gasteiger partial charge in [-0.3, -0.25) is 4.79 Å². The van der Waals surface area contributed by atoms with Crippen LogP contribution in [-0.2, 0) is 4.74 Å². The first-order valence-corrected chi connectivity index (χ1v) is 12.4. The van der Waals surface area contributed by atoms with Gasteiger partial charge in [0.05, 0.1) is 38.0 Å². The lowest BCUT2D eigenvalue weighted by atomic mass is 10.0. The minimum Gasteiger partial charge on any atom is -0.378 e. The summed E-state index contributed by atoms with van der Waals surface area (Å²) in [6.45, 7) is 2.51. The molecule has 8 nitrogen and oxygen atoms in total. The van der Waals surface area contributed by atoms with Crippen molar-refractivity contribution < 1.29 is 18.3 Å². The number of rotatable bonds is 5. The van der Waals surface area contributed by atoms with Gasteiger partial charge in [0, 0.05) is 24.4 Å². The summed E-state index contributed by atoms with van der Waals surface area (Å²) in [5.74, 6) is -0.164. The van der Waals surface area contributed by atoms with Crippen molar-refractivity contribution in [1.29, 1.82) is 0 Å². The zero-order chi connectivity index (χ0) is 23.7. The van der Waals surface area contributed by atoms with Crippen molar-refractivity contribution in [3.63, 3.8) is 0 Å². The van der Waals surface area contributed by atoms with E-state index in [1.165, 1.54) is 34.6 Å². The Morgan fingerprint density at radius 1 is 1.32 bits per heavy atom. The summed E-state index contributed by atoms with van der Waals surface area (Å²) < 4.78 is 35.7. The predicted molar refractivity (Wildman–Crippen MR) is 126 cm³/mol. The Morgan fingerprint density at radius 3 is 3.06 bits per heavy atom. The Labute approximate surface area is 200 Å². The molecule has 0 aliphatic carbocycles. The standard InChI is InChI=1S/C23H26F2N6O2S/c1-34-18-7-14(6-15(24)8-18)19-9-16(25)12-30(19)22-3-2-21-27-11-20(31(21)29-22)23(32)28-17-10-26-4-5-33-13-17/h2-3,6-8,11,16-17,19,26H,4-5,9-10,12-13H2,1H3,(H,28,32)/t16-,17-,19+/m0/s1. The van der Waals surface area contributed by atoms with E-state index in [1.807, 2.05) is 17.2 Å². The van der Waals surface area contributed by atoms with E-state index >= 15 is 0 Å². The Kier molecular flexibility index (Phi) is 6.66. The minimum atomic E-state index is -1.07. The van der Waals surface area contributed by atoms with Crippen molar-refractivity contribution in [2.75, 3.05) is 44.0 Å². The van der Waals surface area contributed by atoms with Gasteiger partial charge in [-0.1, -0.05) is 0 Å². The zero-order valence-electron chi connectivity index (χ0n) is 18.7. The SMILES string of the molecule is CSc1cc(F)cc([C@H]2C[C@H](F)CN2c2ccc3ncc(C(=O)N[C@H]4CNCCOC4)n3n2)c1. The first-order chi connectivity index (χ1) is 16.5. The normalized spacial score (nSPS) is 23.3. The topological polar surface area (TPSA) is 83.8 Å². The highest BCUT2D eigenvalue weighted by Gasteiger charge is 2.35. The lowest BCUT2D eigenvalue weighted by molar-refractivity contribution is 0.0877. The monoisotopic (exact) mass is 488 g/mol. The molecule has 2 fully saturated rings. The maximum absolute atomic E-state index is 14.6. The summed E-state index contributed by atoms with van der Waals surface area (Å²) in [4.78, 5) is 19.9. The summed E-state index contributed by atoms with van der Waals surface area (Å²) >= 11 is 1.44. The van der Waals surface area contributed by atoms with Gasteiger partial charge in [0.25, 0.3) is 5.91 Å². The molecule has 180 valence electrons. The third-order valence-electron chi connectivity index (χ3n) is 6.11. The van der Waals surface area contributed by atoms with E-state index in [-0.39, 0.29) is 42.5 Å². The molecular formula is C23H26F2N6O2S. The van der Waals surface area contributed by atoms with Crippen molar-refractivity contribution in [2.24, 2.45) is 0 Å². The minimum absolute atomic E-state index is 0.135. The number of alkyl halides is 1. The van der Waals surface area contributed by atoms with Gasteiger partial charge in [-0.15, -0.1) is 16.9 Å². The van der Waals surface area contributed by atoms with E-state index in [0.29, 0.717) is 36.8 Å². The first kappa shape index (κ1) is 23.0. The van der Waals surface area contributed by atoms with Gasteiger partial charge in [0.2, 0.25) is 0 Å². The summed E-state index contributed by atoms with van der Waals surface area (Å²) in [5.41, 5.74) is 1.49. The van der Waals surface area contributed by atoms with Gasteiger partial charge < -0.3 is 20.3 Å². The van der Waals surface area contributed by atoms with Crippen molar-refractivity contribution in [3.05, 3.63) is 53.6 Å². The molecular weight excluding hydrogens is 462 g/mol. The van der Waals surface area contributed by atoms with Gasteiger partial charge >= 0.3 is 0 Å². The summed E-state index contributed by atoms with van der Waals surface area (Å²) in [5, 5.41) is 10.8. The molecule has 3 aromatic rings. The van der Waals surface area contributed by atoms with E-state index in [0.717, 1.165) is 11.4 Å². The van der Waals surface area contributed by atoms with Gasteiger partial charge in [-0.25, -0.2) is 18.3 Å². The van der Waals surface area contributed by atoms with Gasteiger partial charge in [-0.2, -0.15) is 0 Å². The lowest BCUT2D eigenvalue weighted by Crippen LogP contribution is -2.43. The van der Waals surface area contributed by atoms with Gasteiger partial charge in [0.15, 0.2) is 11.3 Å². The number of imidazole rings is 1. The zero-order valence-corrected chi connectivity index (χ0v) is 19.5. The lowest BCUT2D eigenvalue weighted by Gasteiger charge is -2.26. The van der Waals surface area contributed by atoms with Crippen molar-refractivity contribution in [3.8, 4) is 0 Å². The predicted octanol–water partition coefficient (Wildman–Crippen LogP) is 2.60. The molecule has 0 saturated carbocycles. The first-order valence-electron chi connectivity index (χ1n) is 11.2. The number of nitrogens with zero attached hydrogens (tertiary/aromatic N) is 4. The van der Waals surface area contributed by atoms with E-state index in [1.54, 1.807) is 12.1 Å². The van der Waals surface area contributed by atoms with Crippen LogP contribution < -0.4 is 15.5 Å². The molecule has 5 rings (SSSR count). The van der Waals surface area contributed by atoms with Crippen LogP contribution in [0.25, 0.3) is 5.65 Å². The molecule has 0 spiro atoms. The number of hydrogen-bond donors (Lipinski definition) is 2. The molecule has 2 aliphatic heterocycles. The van der Waals surface area contributed by atoms with Crippen molar-refractivity contribution >= 4 is 29.1 Å². The average molecular weight is 489 g/mol. The number of nitrogens with one attached hydrogen (secondary N) is 2. The molecule has 3 atom stereocenters. The van der Waals surface area contributed by atoms with Crippen molar-refractivity contribution in [1.82, 2.24) is 25.2 Å². The molecule has 0 bridgehead atoms. The summed E-state index contributed by atoms with van der Waals surface area (Å²) in [7, 11) is 0. The van der Waals surface area contributed by atoms with E-state index in [2.05, 4.69) is 20.7 Å². The molecule has 0 unspecified atom stereocenters. The smallest absolute Gasteiger partial charge is 0.271 e. The number of amides is 1. The van der Waals surface area contributed by atoms with E-state index in [4.69, 9.17) is 4.74 Å². The maximum atomic E-state index is 14.6. The van der Waals surface area contributed by atoms with Crippen LogP contribution in [0.2, 0.25) is 0 Å². The van der Waals surface area contributed by atoms with Gasteiger partial charge in [0.1, 0.15) is 17.8 Å². The van der Waals surface area contributed by atoms with Crippen LogP contribution in [0, 0.1) is 5.82 Å². The van der Waals surface area contributed by atoms with Crippen LogP contribution in [-0.4, -0.2) is 71.8 Å². The highest BCUT2D eigenvalue weighted by atomic mass is 32.2. The van der Waals surface area contributed by atoms with E-state index < -0.39 is 6.17 Å². The van der Waals surface area contributed by atoms with Gasteiger partial charge in [-0.05, 0) is 42.2 Å². The Morgan fingerprint density at radius 2 is 2.21 bits per heavy atom. The fraction of sp³-hybridized carbons (Fsp3) is 0.435. The summed E-state index contributed by atoms with van der Waals surface area (Å²) in [6, 6.07) is 7.78. The molecule has 1 amide bonds. The van der Waals surface area contributed by atoms with Crippen LogP contribution in [0.3, 0.4) is 0 Å². The second-order valence-corrected chi connectivity index (χ2v) is 9.36. The number of halogens is 2. The second kappa shape index (κ2) is 9.85. The molecule has 2 aliphatic rings. The quantitative estimate of drug-likeness (QED) is 0.534. The highest BCUT2D eigenvalue weighted by molar-refractivity contribution is 7.98. The summed E-state index contributed by atoms with van der Waals surface area (Å²) in [6.07, 6.45) is 2.52. The van der Waals surface area contributed by atoms with Crippen LogP contribution in [0.1, 0.15) is 28.5 Å². The van der Waals surface area contributed by atoms with Crippen LogP contribution >= 0.6 is 11.8 Å². The largest absolute Gasteiger partial charge is 0.378 e. The Balaban J connectivity index is 1.44. The molecule has 2 aromatic heterocycles. The Hall–Kier alpha value is -2.76. The fourth-order valence-corrected chi connectivity index (χ4v) is 4.96. The molecule has 2 N–H and O–H groups in total. The van der Waals surface area contributed by atoms with Crippen LogP contribution in [0.4, 0.5) is 14.6 Å². The molecule has 2 saturated heterocycles. The molecule has 4 heterocycles. The fourth-order valence-electron chi connectivity index (χ4n) is 4.48. The maximum Gasteiger partial charge on any atom is 0.271 e. The van der Waals surface area contributed by atoms with Crippen molar-refractivity contribution in [2.45, 2.75) is 29.6 Å². The number of aromatic nitrogens is 3. The Bertz CT molecular complexity index is 1180. The highest BCUT2D eigenvalue weighted by Crippen LogP contribution is 2.38. The number of ether oxygens (including phenoxy) is 1. The second-order valence-electron chi connectivity index (χ2n) is 8.48.